The number of aryl methyl sites for hydroxylation is 1. The van der Waals surface area contributed by atoms with Crippen LogP contribution in [0.5, 0.6) is 11.8 Å². The summed E-state index contributed by atoms with van der Waals surface area (Å²) in [5.41, 5.74) is 1.76. The molecule has 6 heterocycles. The molecule has 2 N–H and O–H groups in total. The first-order valence-electron chi connectivity index (χ1n) is 18.2. The maximum atomic E-state index is 15.3. The number of carbonyl (C=O) groups is 2. The maximum absolute atomic E-state index is 15.3. The Hall–Kier alpha value is -4.30. The zero-order valence-corrected chi connectivity index (χ0v) is 29.2. The Kier molecular flexibility index (Phi) is 8.85. The van der Waals surface area contributed by atoms with Gasteiger partial charge in [0.05, 0.1) is 24.3 Å². The second-order valence-corrected chi connectivity index (χ2v) is 14.5. The fourth-order valence-electron chi connectivity index (χ4n) is 8.96. The first-order chi connectivity index (χ1) is 24.7. The van der Waals surface area contributed by atoms with Crippen LogP contribution in [0.25, 0.3) is 10.8 Å². The number of nitrogens with zero attached hydrogens (tertiary/aromatic N) is 5. The standard InChI is InChI=1S/C37H45F2N7O5/c1-3-26-28(39)8-7-23-15-25(51-22-49-4-2)16-30(31(23)26)44-14-9-27-29(19-44)40-35(50-21-36-10-5-13-46(36)18-24(38)17-36)41-32(27)45-12-6-11-37(20-45)33(47)42-34(48)43-37/h7-8,15-16,24H,3-6,9-14,17-22H2,1-2H3,(H2,42,43,47,48)/t24-,36+,37-/m1/s1. The number of piperidine rings is 1. The average Bonchev–Trinajstić information content (AvgIpc) is 3.74. The topological polar surface area (TPSA) is 121 Å². The van der Waals surface area contributed by atoms with Gasteiger partial charge in [0.2, 0.25) is 0 Å². The lowest BCUT2D eigenvalue weighted by molar-refractivity contribution is -0.124. The van der Waals surface area contributed by atoms with E-state index in [0.29, 0.717) is 82.0 Å². The number of urea groups is 1. The van der Waals surface area contributed by atoms with Crippen molar-refractivity contribution in [1.82, 2.24) is 25.5 Å². The van der Waals surface area contributed by atoms with Gasteiger partial charge < -0.3 is 29.3 Å². The van der Waals surface area contributed by atoms with Gasteiger partial charge in [-0.25, -0.2) is 13.6 Å². The minimum absolute atomic E-state index is 0.0985. The quantitative estimate of drug-likeness (QED) is 0.179. The Bertz CT molecular complexity index is 1860. The highest BCUT2D eigenvalue weighted by atomic mass is 19.1. The Morgan fingerprint density at radius 1 is 1.04 bits per heavy atom. The minimum atomic E-state index is -1.04. The van der Waals surface area contributed by atoms with E-state index in [1.807, 2.05) is 26.0 Å². The summed E-state index contributed by atoms with van der Waals surface area (Å²) in [5.74, 6) is 0.716. The lowest BCUT2D eigenvalue weighted by Crippen LogP contribution is -2.59. The smallest absolute Gasteiger partial charge is 0.322 e. The summed E-state index contributed by atoms with van der Waals surface area (Å²) < 4.78 is 47.8. The molecule has 0 radical (unpaired) electrons. The summed E-state index contributed by atoms with van der Waals surface area (Å²) in [6.45, 7) is 7.91. The van der Waals surface area contributed by atoms with Gasteiger partial charge in [-0.05, 0) is 75.1 Å². The predicted octanol–water partition coefficient (Wildman–Crippen LogP) is 4.40. The van der Waals surface area contributed by atoms with Crippen molar-refractivity contribution in [3.05, 3.63) is 46.9 Å². The Morgan fingerprint density at radius 3 is 2.71 bits per heavy atom. The molecule has 51 heavy (non-hydrogen) atoms. The molecule has 272 valence electrons. The van der Waals surface area contributed by atoms with E-state index in [0.717, 1.165) is 47.1 Å². The number of nitrogens with one attached hydrogen (secondary N) is 2. The third-order valence-electron chi connectivity index (χ3n) is 11.4. The molecule has 0 bridgehead atoms. The minimum Gasteiger partial charge on any atom is -0.467 e. The first-order valence-corrected chi connectivity index (χ1v) is 18.2. The summed E-state index contributed by atoms with van der Waals surface area (Å²) >= 11 is 0. The van der Waals surface area contributed by atoms with Crippen LogP contribution in [0.2, 0.25) is 0 Å². The van der Waals surface area contributed by atoms with E-state index in [4.69, 9.17) is 24.2 Å². The van der Waals surface area contributed by atoms with E-state index in [9.17, 15) is 14.0 Å². The van der Waals surface area contributed by atoms with Crippen LogP contribution in [0.3, 0.4) is 0 Å². The van der Waals surface area contributed by atoms with Gasteiger partial charge >= 0.3 is 12.0 Å². The Balaban J connectivity index is 1.17. The van der Waals surface area contributed by atoms with E-state index < -0.39 is 17.7 Å². The van der Waals surface area contributed by atoms with E-state index in [-0.39, 0.29) is 43.2 Å². The third-order valence-corrected chi connectivity index (χ3v) is 11.4. The van der Waals surface area contributed by atoms with Gasteiger partial charge in [0.15, 0.2) is 6.79 Å². The number of aromatic nitrogens is 2. The number of alkyl halides is 1. The van der Waals surface area contributed by atoms with Crippen molar-refractivity contribution < 1.29 is 32.6 Å². The fraction of sp³-hybridized carbons (Fsp3) is 0.568. The first kappa shape index (κ1) is 33.8. The van der Waals surface area contributed by atoms with Gasteiger partial charge in [-0.1, -0.05) is 13.0 Å². The van der Waals surface area contributed by atoms with Crippen molar-refractivity contribution in [2.75, 3.05) is 62.5 Å². The molecule has 0 aliphatic carbocycles. The molecule has 1 aromatic heterocycles. The van der Waals surface area contributed by atoms with Crippen molar-refractivity contribution in [3.8, 4) is 11.8 Å². The zero-order chi connectivity index (χ0) is 35.3. The molecule has 3 aromatic rings. The van der Waals surface area contributed by atoms with Crippen LogP contribution in [-0.4, -0.2) is 96.8 Å². The number of amides is 3. The second kappa shape index (κ2) is 13.4. The molecule has 0 saturated carbocycles. The molecule has 5 aliphatic heterocycles. The van der Waals surface area contributed by atoms with Crippen LogP contribution in [-0.2, 0) is 28.9 Å². The van der Waals surface area contributed by atoms with Crippen LogP contribution < -0.4 is 29.9 Å². The van der Waals surface area contributed by atoms with Crippen molar-refractivity contribution in [3.63, 3.8) is 0 Å². The predicted molar refractivity (Wildman–Crippen MR) is 187 cm³/mol. The van der Waals surface area contributed by atoms with E-state index in [2.05, 4.69) is 25.3 Å². The Labute approximate surface area is 295 Å². The number of halogens is 2. The van der Waals surface area contributed by atoms with Crippen LogP contribution in [0.15, 0.2) is 24.3 Å². The number of benzene rings is 2. The number of anilines is 2. The molecule has 5 aliphatic rings. The maximum Gasteiger partial charge on any atom is 0.322 e. The molecule has 0 unspecified atom stereocenters. The van der Waals surface area contributed by atoms with Gasteiger partial charge in [-0.3, -0.25) is 15.0 Å². The number of rotatable bonds is 10. The number of ether oxygens (including phenoxy) is 3. The molecule has 3 amide bonds. The van der Waals surface area contributed by atoms with E-state index >= 15 is 4.39 Å². The summed E-state index contributed by atoms with van der Waals surface area (Å²) in [5, 5.41) is 6.98. The number of carbonyl (C=O) groups excluding carboxylic acids is 2. The normalized spacial score (nSPS) is 26.1. The molecular formula is C37H45F2N7O5. The number of hydrogen-bond acceptors (Lipinski definition) is 10. The summed E-state index contributed by atoms with van der Waals surface area (Å²) in [4.78, 5) is 41.7. The second-order valence-electron chi connectivity index (χ2n) is 14.5. The van der Waals surface area contributed by atoms with Gasteiger partial charge in [-0.15, -0.1) is 0 Å². The van der Waals surface area contributed by atoms with Crippen LogP contribution >= 0.6 is 0 Å². The molecule has 2 aromatic carbocycles. The van der Waals surface area contributed by atoms with Crippen LogP contribution in [0.1, 0.15) is 62.8 Å². The van der Waals surface area contributed by atoms with Crippen LogP contribution in [0, 0.1) is 5.82 Å². The van der Waals surface area contributed by atoms with Gasteiger partial charge in [0.1, 0.15) is 35.7 Å². The SMILES string of the molecule is CCOCOc1cc(N2CCc3c(nc(OC[C@@]45CCCN4C[C@H](F)C5)nc3N3CCC[C@]4(C3)NC(=O)NC4=O)C2)c2c(CC)c(F)ccc2c1. The highest BCUT2D eigenvalue weighted by molar-refractivity contribution is 6.07. The summed E-state index contributed by atoms with van der Waals surface area (Å²) in [7, 11) is 0. The van der Waals surface area contributed by atoms with Crippen molar-refractivity contribution in [2.24, 2.45) is 0 Å². The van der Waals surface area contributed by atoms with Crippen molar-refractivity contribution in [1.29, 1.82) is 0 Å². The van der Waals surface area contributed by atoms with Gasteiger partial charge in [-0.2, -0.15) is 9.97 Å². The van der Waals surface area contributed by atoms with Gasteiger partial charge in [0.25, 0.3) is 5.91 Å². The lowest BCUT2D eigenvalue weighted by atomic mass is 9.88. The molecule has 4 saturated heterocycles. The molecule has 14 heteroatoms. The largest absolute Gasteiger partial charge is 0.467 e. The Morgan fingerprint density at radius 2 is 1.90 bits per heavy atom. The zero-order valence-electron chi connectivity index (χ0n) is 29.2. The number of fused-ring (bicyclic) bond motifs is 3. The van der Waals surface area contributed by atoms with Crippen molar-refractivity contribution >= 4 is 34.2 Å². The fourth-order valence-corrected chi connectivity index (χ4v) is 8.96. The third kappa shape index (κ3) is 6.09. The van der Waals surface area contributed by atoms with Crippen molar-refractivity contribution in [2.45, 2.75) is 82.6 Å². The van der Waals surface area contributed by atoms with E-state index in [1.165, 1.54) is 6.07 Å². The molecule has 1 spiro atoms. The van der Waals surface area contributed by atoms with E-state index in [1.54, 1.807) is 6.07 Å². The number of imide groups is 1. The molecule has 4 fully saturated rings. The molecular weight excluding hydrogens is 660 g/mol. The highest BCUT2D eigenvalue weighted by Gasteiger charge is 2.51. The number of hydrogen-bond donors (Lipinski definition) is 2. The molecule has 12 nitrogen and oxygen atoms in total. The molecule has 8 rings (SSSR count). The lowest BCUT2D eigenvalue weighted by Gasteiger charge is -2.40. The summed E-state index contributed by atoms with van der Waals surface area (Å²) in [6.07, 6.45) is 3.68. The highest BCUT2D eigenvalue weighted by Crippen LogP contribution is 2.42. The average molecular weight is 706 g/mol. The monoisotopic (exact) mass is 705 g/mol. The van der Waals surface area contributed by atoms with Crippen LogP contribution in [0.4, 0.5) is 25.1 Å². The molecule has 3 atom stereocenters. The summed E-state index contributed by atoms with van der Waals surface area (Å²) in [6, 6.07) is 6.86. The van der Waals surface area contributed by atoms with Gasteiger partial charge in [0, 0.05) is 55.4 Å².